The molecule has 4 rings (SSSR count). The molecular formula is C16H26IN7O. The molecule has 2 saturated heterocycles. The Morgan fingerprint density at radius 3 is 3.00 bits per heavy atom. The number of aliphatic imine (C=N–C) groups is 1. The molecule has 8 nitrogen and oxygen atoms in total. The maximum absolute atomic E-state index is 11.7. The number of carbonyl (C=O) groups is 1. The number of nitrogens with zero attached hydrogens (tertiary/aromatic N) is 5. The monoisotopic (exact) mass is 459 g/mol. The van der Waals surface area contributed by atoms with E-state index in [1.807, 2.05) is 7.05 Å². The molecule has 1 amide bonds. The lowest BCUT2D eigenvalue weighted by Crippen LogP contribution is -2.51. The highest BCUT2D eigenvalue weighted by atomic mass is 127. The summed E-state index contributed by atoms with van der Waals surface area (Å²) in [6, 6.07) is 0. The van der Waals surface area contributed by atoms with Gasteiger partial charge in [-0.05, 0) is 19.3 Å². The number of aromatic nitrogens is 3. The van der Waals surface area contributed by atoms with E-state index < -0.39 is 0 Å². The topological polar surface area (TPSA) is 87.4 Å². The van der Waals surface area contributed by atoms with Gasteiger partial charge in [0.05, 0.1) is 6.54 Å². The first-order valence-corrected chi connectivity index (χ1v) is 8.82. The van der Waals surface area contributed by atoms with Crippen molar-refractivity contribution in [3.63, 3.8) is 0 Å². The molecule has 1 unspecified atom stereocenters. The zero-order chi connectivity index (χ0) is 16.6. The van der Waals surface area contributed by atoms with Crippen LogP contribution in [0, 0.1) is 5.41 Å². The summed E-state index contributed by atoms with van der Waals surface area (Å²) >= 11 is 0. The summed E-state index contributed by atoms with van der Waals surface area (Å²) in [5.41, 5.74) is 0.0725. The van der Waals surface area contributed by atoms with Gasteiger partial charge in [-0.3, -0.25) is 9.79 Å². The maximum Gasteiger partial charge on any atom is 0.220 e. The van der Waals surface area contributed by atoms with Crippen LogP contribution in [0.1, 0.15) is 37.3 Å². The van der Waals surface area contributed by atoms with Crippen molar-refractivity contribution in [3.8, 4) is 0 Å². The van der Waals surface area contributed by atoms with Gasteiger partial charge in [0.1, 0.15) is 5.82 Å². The molecule has 0 aromatic carbocycles. The van der Waals surface area contributed by atoms with E-state index in [-0.39, 0.29) is 35.3 Å². The van der Waals surface area contributed by atoms with Gasteiger partial charge in [-0.2, -0.15) is 0 Å². The van der Waals surface area contributed by atoms with Crippen LogP contribution in [0.25, 0.3) is 0 Å². The Balaban J connectivity index is 0.00000182. The highest BCUT2D eigenvalue weighted by Gasteiger charge is 2.42. The van der Waals surface area contributed by atoms with Crippen molar-refractivity contribution in [1.29, 1.82) is 0 Å². The van der Waals surface area contributed by atoms with Gasteiger partial charge < -0.3 is 20.1 Å². The highest BCUT2D eigenvalue weighted by molar-refractivity contribution is 14.0. The van der Waals surface area contributed by atoms with Crippen LogP contribution in [-0.4, -0.2) is 58.2 Å². The number of nitrogens with one attached hydrogen (secondary N) is 2. The van der Waals surface area contributed by atoms with Crippen molar-refractivity contribution in [1.82, 2.24) is 30.3 Å². The van der Waals surface area contributed by atoms with Gasteiger partial charge in [-0.25, -0.2) is 0 Å². The first-order valence-electron chi connectivity index (χ1n) is 8.82. The molecule has 1 aromatic heterocycles. The second-order valence-electron chi connectivity index (χ2n) is 7.17. The number of rotatable bonds is 2. The quantitative estimate of drug-likeness (QED) is 0.383. The molecule has 9 heteroatoms. The van der Waals surface area contributed by atoms with E-state index in [1.54, 1.807) is 0 Å². The molecule has 2 fully saturated rings. The van der Waals surface area contributed by atoms with Gasteiger partial charge >= 0.3 is 0 Å². The number of hydrogen-bond donors (Lipinski definition) is 2. The molecule has 2 N–H and O–H groups in total. The molecule has 4 heterocycles. The second-order valence-corrected chi connectivity index (χ2v) is 7.17. The fourth-order valence-electron chi connectivity index (χ4n) is 4.26. The number of piperidine rings is 1. The average molecular weight is 459 g/mol. The Bertz CT molecular complexity index is 673. The highest BCUT2D eigenvalue weighted by Crippen LogP contribution is 2.36. The molecule has 138 valence electrons. The van der Waals surface area contributed by atoms with Crippen molar-refractivity contribution in [3.05, 3.63) is 11.6 Å². The van der Waals surface area contributed by atoms with E-state index in [1.165, 1.54) is 0 Å². The van der Waals surface area contributed by atoms with Crippen molar-refractivity contribution < 1.29 is 4.79 Å². The summed E-state index contributed by atoms with van der Waals surface area (Å²) in [5, 5.41) is 15.0. The predicted molar refractivity (Wildman–Crippen MR) is 105 cm³/mol. The summed E-state index contributed by atoms with van der Waals surface area (Å²) in [6.45, 7) is 4.30. The van der Waals surface area contributed by atoms with Crippen LogP contribution in [0.15, 0.2) is 4.99 Å². The normalized spacial score (nSPS) is 25.7. The number of fused-ring (bicyclic) bond motifs is 1. The lowest BCUT2D eigenvalue weighted by molar-refractivity contribution is -0.119. The second kappa shape index (κ2) is 7.46. The Labute approximate surface area is 164 Å². The zero-order valence-electron chi connectivity index (χ0n) is 14.6. The van der Waals surface area contributed by atoms with E-state index in [0.717, 1.165) is 69.5 Å². The van der Waals surface area contributed by atoms with Crippen LogP contribution in [0.2, 0.25) is 0 Å². The summed E-state index contributed by atoms with van der Waals surface area (Å²) in [6.07, 6.45) is 5.02. The van der Waals surface area contributed by atoms with Gasteiger partial charge in [-0.1, -0.05) is 0 Å². The number of guanidine groups is 1. The average Bonchev–Trinajstić information content (AvgIpc) is 3.26. The van der Waals surface area contributed by atoms with Crippen LogP contribution in [0.4, 0.5) is 0 Å². The molecule has 0 radical (unpaired) electrons. The molecule has 1 spiro atoms. The fourth-order valence-corrected chi connectivity index (χ4v) is 4.26. The largest absolute Gasteiger partial charge is 0.355 e. The van der Waals surface area contributed by atoms with Crippen molar-refractivity contribution in [2.45, 2.75) is 45.2 Å². The molecule has 1 atom stereocenters. The van der Waals surface area contributed by atoms with Crippen LogP contribution in [0.5, 0.6) is 0 Å². The number of amides is 1. The number of halogens is 1. The third-order valence-electron chi connectivity index (χ3n) is 5.46. The smallest absolute Gasteiger partial charge is 0.220 e. The van der Waals surface area contributed by atoms with E-state index in [4.69, 9.17) is 0 Å². The van der Waals surface area contributed by atoms with Crippen molar-refractivity contribution in [2.24, 2.45) is 10.4 Å². The summed E-state index contributed by atoms with van der Waals surface area (Å²) in [7, 11) is 1.82. The Kier molecular flexibility index (Phi) is 5.49. The Hall–Kier alpha value is -1.39. The van der Waals surface area contributed by atoms with Gasteiger partial charge in [-0.15, -0.1) is 34.2 Å². The summed E-state index contributed by atoms with van der Waals surface area (Å²) in [5.74, 6) is 3.14. The number of carbonyl (C=O) groups excluding carboxylic acids is 1. The third kappa shape index (κ3) is 3.61. The van der Waals surface area contributed by atoms with Gasteiger partial charge in [0, 0.05) is 51.5 Å². The van der Waals surface area contributed by atoms with E-state index in [2.05, 4.69) is 35.3 Å². The van der Waals surface area contributed by atoms with E-state index in [9.17, 15) is 4.79 Å². The van der Waals surface area contributed by atoms with E-state index in [0.29, 0.717) is 13.0 Å². The minimum atomic E-state index is 0. The first-order chi connectivity index (χ1) is 11.7. The molecule has 25 heavy (non-hydrogen) atoms. The maximum atomic E-state index is 11.7. The molecule has 3 aliphatic heterocycles. The fraction of sp³-hybridized carbons (Fsp3) is 0.750. The third-order valence-corrected chi connectivity index (χ3v) is 5.46. The van der Waals surface area contributed by atoms with Crippen LogP contribution in [-0.2, 0) is 24.3 Å². The minimum absolute atomic E-state index is 0. The standard InChI is InChI=1S/C16H25N7O.HI/c1-17-15(18-9-13-21-20-12-4-2-7-23(12)13)22-6-3-5-16(11-22)8-14(24)19-10-16;/h2-11H2,1H3,(H,17,18)(H,19,24);1H. The van der Waals surface area contributed by atoms with Gasteiger partial charge in [0.15, 0.2) is 11.8 Å². The first kappa shape index (κ1) is 18.4. The summed E-state index contributed by atoms with van der Waals surface area (Å²) in [4.78, 5) is 18.4. The zero-order valence-corrected chi connectivity index (χ0v) is 17.0. The Morgan fingerprint density at radius 2 is 2.24 bits per heavy atom. The van der Waals surface area contributed by atoms with Crippen LogP contribution >= 0.6 is 24.0 Å². The Morgan fingerprint density at radius 1 is 1.36 bits per heavy atom. The summed E-state index contributed by atoms with van der Waals surface area (Å²) < 4.78 is 2.21. The van der Waals surface area contributed by atoms with Crippen molar-refractivity contribution in [2.75, 3.05) is 26.7 Å². The molecule has 0 saturated carbocycles. The molecule has 0 bridgehead atoms. The van der Waals surface area contributed by atoms with Gasteiger partial charge in [0.2, 0.25) is 5.91 Å². The van der Waals surface area contributed by atoms with Crippen molar-refractivity contribution >= 4 is 35.8 Å². The van der Waals surface area contributed by atoms with Crippen LogP contribution < -0.4 is 10.6 Å². The minimum Gasteiger partial charge on any atom is -0.355 e. The molecule has 0 aliphatic carbocycles. The molecule has 3 aliphatic rings. The molecule has 1 aromatic rings. The van der Waals surface area contributed by atoms with Gasteiger partial charge in [0.25, 0.3) is 0 Å². The number of likely N-dealkylation sites (tertiary alicyclic amines) is 1. The number of hydrogen-bond acceptors (Lipinski definition) is 4. The number of aryl methyl sites for hydroxylation is 1. The van der Waals surface area contributed by atoms with Crippen LogP contribution in [0.3, 0.4) is 0 Å². The lowest BCUT2D eigenvalue weighted by Gasteiger charge is -2.40. The van der Waals surface area contributed by atoms with E-state index >= 15 is 0 Å². The predicted octanol–water partition coefficient (Wildman–Crippen LogP) is 0.520. The molecular weight excluding hydrogens is 433 g/mol. The SMILES string of the molecule is CN=C(NCc1nnc2n1CCC2)N1CCCC2(CNC(=O)C2)C1.I. The lowest BCUT2D eigenvalue weighted by atomic mass is 9.79.